The van der Waals surface area contributed by atoms with Gasteiger partial charge in [0.1, 0.15) is 17.2 Å². The summed E-state index contributed by atoms with van der Waals surface area (Å²) in [6.07, 6.45) is 1.96. The second-order valence-electron chi connectivity index (χ2n) is 7.53. The zero-order valence-electron chi connectivity index (χ0n) is 17.7. The molecule has 162 valence electrons. The maximum Gasteiger partial charge on any atom is 0.276 e. The minimum Gasteiger partial charge on any atom is -0.497 e. The van der Waals surface area contributed by atoms with Crippen molar-refractivity contribution >= 4 is 5.91 Å². The molecule has 3 aromatic rings. The van der Waals surface area contributed by atoms with Crippen LogP contribution >= 0.6 is 0 Å². The van der Waals surface area contributed by atoms with Gasteiger partial charge in [0.25, 0.3) is 5.91 Å². The molecule has 0 aliphatic carbocycles. The molecule has 4 rings (SSSR count). The number of piperidine rings is 1. The number of carbonyl (C=O) groups excluding carboxylic acids is 1. The molecule has 2 heterocycles. The zero-order chi connectivity index (χ0) is 21.6. The van der Waals surface area contributed by atoms with Gasteiger partial charge in [-0.2, -0.15) is 0 Å². The summed E-state index contributed by atoms with van der Waals surface area (Å²) in [6, 6.07) is 16.8. The van der Waals surface area contributed by atoms with Crippen molar-refractivity contribution < 1.29 is 23.5 Å². The fourth-order valence-corrected chi connectivity index (χ4v) is 3.79. The second kappa shape index (κ2) is 9.55. The van der Waals surface area contributed by atoms with Crippen LogP contribution in [0.2, 0.25) is 0 Å². The number of para-hydroxylation sites is 1. The number of nitrogens with zero attached hydrogens (tertiary/aromatic N) is 2. The van der Waals surface area contributed by atoms with Gasteiger partial charge in [-0.1, -0.05) is 23.4 Å². The fraction of sp³-hybridized carbons (Fsp3) is 0.333. The molecule has 0 spiro atoms. The molecule has 7 heteroatoms. The Labute approximate surface area is 181 Å². The summed E-state index contributed by atoms with van der Waals surface area (Å²) in [7, 11) is 3.17. The molecule has 0 bridgehead atoms. The Morgan fingerprint density at radius 2 is 1.94 bits per heavy atom. The maximum atomic E-state index is 13.0. The number of hydrogen-bond donors (Lipinski definition) is 0. The zero-order valence-corrected chi connectivity index (χ0v) is 17.7. The highest BCUT2D eigenvalue weighted by Gasteiger charge is 2.27. The number of likely N-dealkylation sites (tertiary alicyclic amines) is 1. The van der Waals surface area contributed by atoms with Gasteiger partial charge < -0.3 is 23.6 Å². The summed E-state index contributed by atoms with van der Waals surface area (Å²) < 4.78 is 22.1. The van der Waals surface area contributed by atoms with Crippen LogP contribution in [0.1, 0.15) is 23.3 Å². The van der Waals surface area contributed by atoms with Gasteiger partial charge in [0.05, 0.1) is 26.4 Å². The van der Waals surface area contributed by atoms with Crippen LogP contribution < -0.4 is 14.2 Å². The summed E-state index contributed by atoms with van der Waals surface area (Å²) in [5.41, 5.74) is 0.964. The minimum atomic E-state index is -0.138. The highest BCUT2D eigenvalue weighted by atomic mass is 16.5. The van der Waals surface area contributed by atoms with Crippen LogP contribution in [0.25, 0.3) is 11.3 Å². The van der Waals surface area contributed by atoms with Crippen LogP contribution in [-0.2, 0) is 0 Å². The van der Waals surface area contributed by atoms with E-state index >= 15 is 0 Å². The van der Waals surface area contributed by atoms with E-state index in [1.165, 1.54) is 0 Å². The maximum absolute atomic E-state index is 13.0. The number of rotatable bonds is 7. The summed E-state index contributed by atoms with van der Waals surface area (Å²) in [5, 5.41) is 4.02. The topological polar surface area (TPSA) is 74.0 Å². The largest absolute Gasteiger partial charge is 0.497 e. The SMILES string of the molecule is COc1ccc(OC)c(-c2cc(C(=O)N3CCCC(COc4ccccc4)C3)no2)c1. The van der Waals surface area contributed by atoms with Crippen LogP contribution in [0.15, 0.2) is 59.1 Å². The summed E-state index contributed by atoms with van der Waals surface area (Å²) in [4.78, 5) is 14.9. The van der Waals surface area contributed by atoms with Gasteiger partial charge in [-0.05, 0) is 43.2 Å². The van der Waals surface area contributed by atoms with Crippen molar-refractivity contribution in [2.24, 2.45) is 5.92 Å². The first-order chi connectivity index (χ1) is 15.2. The van der Waals surface area contributed by atoms with E-state index in [2.05, 4.69) is 5.16 Å². The first kappa shape index (κ1) is 20.8. The quantitative estimate of drug-likeness (QED) is 0.566. The van der Waals surface area contributed by atoms with Crippen molar-refractivity contribution in [3.63, 3.8) is 0 Å². The first-order valence-electron chi connectivity index (χ1n) is 10.3. The number of ether oxygens (including phenoxy) is 3. The number of carbonyl (C=O) groups is 1. The number of aromatic nitrogens is 1. The summed E-state index contributed by atoms with van der Waals surface area (Å²) in [6.45, 7) is 1.92. The Morgan fingerprint density at radius 3 is 2.71 bits per heavy atom. The van der Waals surface area contributed by atoms with Gasteiger partial charge in [0.15, 0.2) is 11.5 Å². The van der Waals surface area contributed by atoms with Crippen molar-refractivity contribution in [3.05, 3.63) is 60.3 Å². The molecule has 0 saturated carbocycles. The van der Waals surface area contributed by atoms with Crippen molar-refractivity contribution in [3.8, 4) is 28.6 Å². The van der Waals surface area contributed by atoms with Crippen molar-refractivity contribution in [1.82, 2.24) is 10.1 Å². The van der Waals surface area contributed by atoms with E-state index < -0.39 is 0 Å². The smallest absolute Gasteiger partial charge is 0.276 e. The molecule has 1 fully saturated rings. The molecule has 1 atom stereocenters. The molecule has 1 unspecified atom stereocenters. The van der Waals surface area contributed by atoms with Gasteiger partial charge in [0, 0.05) is 25.1 Å². The Morgan fingerprint density at radius 1 is 1.10 bits per heavy atom. The van der Waals surface area contributed by atoms with Gasteiger partial charge >= 0.3 is 0 Å². The van der Waals surface area contributed by atoms with Crippen LogP contribution in [0.4, 0.5) is 0 Å². The average molecular weight is 422 g/mol. The van der Waals surface area contributed by atoms with Gasteiger partial charge in [-0.3, -0.25) is 4.79 Å². The molecule has 1 aliphatic rings. The third-order valence-corrected chi connectivity index (χ3v) is 5.44. The van der Waals surface area contributed by atoms with E-state index in [1.807, 2.05) is 35.2 Å². The monoisotopic (exact) mass is 422 g/mol. The Hall–Kier alpha value is -3.48. The lowest BCUT2D eigenvalue weighted by Crippen LogP contribution is -2.41. The summed E-state index contributed by atoms with van der Waals surface area (Å²) >= 11 is 0. The van der Waals surface area contributed by atoms with Crippen LogP contribution in [0, 0.1) is 5.92 Å². The number of amides is 1. The van der Waals surface area contributed by atoms with Gasteiger partial charge in [0.2, 0.25) is 0 Å². The Bertz CT molecular complexity index is 1020. The third-order valence-electron chi connectivity index (χ3n) is 5.44. The molecule has 0 N–H and O–H groups in total. The lowest BCUT2D eigenvalue weighted by atomic mass is 9.98. The molecule has 1 aliphatic heterocycles. The van der Waals surface area contributed by atoms with Gasteiger partial charge in [-0.15, -0.1) is 0 Å². The van der Waals surface area contributed by atoms with Crippen LogP contribution in [0.5, 0.6) is 17.2 Å². The molecule has 1 amide bonds. The predicted molar refractivity (Wildman–Crippen MR) is 116 cm³/mol. The van der Waals surface area contributed by atoms with Crippen molar-refractivity contribution in [2.45, 2.75) is 12.8 Å². The highest BCUT2D eigenvalue weighted by Crippen LogP contribution is 2.34. The van der Waals surface area contributed by atoms with E-state index in [1.54, 1.807) is 38.5 Å². The average Bonchev–Trinajstić information content (AvgIpc) is 3.33. The lowest BCUT2D eigenvalue weighted by Gasteiger charge is -2.32. The standard InChI is InChI=1S/C24H26N2O5/c1-28-19-10-11-22(29-2)20(13-19)23-14-21(25-31-23)24(27)26-12-6-7-17(15-26)16-30-18-8-4-3-5-9-18/h3-5,8-11,13-14,17H,6-7,12,15-16H2,1-2H3. The lowest BCUT2D eigenvalue weighted by molar-refractivity contribution is 0.0623. The number of methoxy groups -OCH3 is 2. The third kappa shape index (κ3) is 4.82. The second-order valence-corrected chi connectivity index (χ2v) is 7.53. The molecule has 7 nitrogen and oxygen atoms in total. The molecular formula is C24H26N2O5. The van der Waals surface area contributed by atoms with Gasteiger partial charge in [-0.25, -0.2) is 0 Å². The van der Waals surface area contributed by atoms with E-state index in [0.29, 0.717) is 42.5 Å². The van der Waals surface area contributed by atoms with Crippen molar-refractivity contribution in [1.29, 1.82) is 0 Å². The fourth-order valence-electron chi connectivity index (χ4n) is 3.79. The molecule has 1 aromatic heterocycles. The van der Waals surface area contributed by atoms with Crippen molar-refractivity contribution in [2.75, 3.05) is 33.9 Å². The molecular weight excluding hydrogens is 396 g/mol. The normalized spacial score (nSPS) is 16.1. The Balaban J connectivity index is 1.43. The van der Waals surface area contributed by atoms with E-state index in [-0.39, 0.29) is 17.5 Å². The highest BCUT2D eigenvalue weighted by molar-refractivity contribution is 5.93. The molecule has 0 radical (unpaired) electrons. The van der Waals surface area contributed by atoms with Crippen LogP contribution in [-0.4, -0.2) is 49.9 Å². The first-order valence-corrected chi connectivity index (χ1v) is 10.3. The molecule has 1 saturated heterocycles. The Kier molecular flexibility index (Phi) is 6.40. The number of benzene rings is 2. The van der Waals surface area contributed by atoms with Crippen LogP contribution in [0.3, 0.4) is 0 Å². The van der Waals surface area contributed by atoms with E-state index in [0.717, 1.165) is 18.6 Å². The predicted octanol–water partition coefficient (Wildman–Crippen LogP) is 4.29. The molecule has 2 aromatic carbocycles. The number of hydrogen-bond acceptors (Lipinski definition) is 6. The minimum absolute atomic E-state index is 0.138. The summed E-state index contributed by atoms with van der Waals surface area (Å²) in [5.74, 6) is 2.73. The van der Waals surface area contributed by atoms with E-state index in [4.69, 9.17) is 18.7 Å². The van der Waals surface area contributed by atoms with E-state index in [9.17, 15) is 4.79 Å². The molecule has 31 heavy (non-hydrogen) atoms.